The van der Waals surface area contributed by atoms with Crippen LogP contribution in [0.5, 0.6) is 0 Å². The van der Waals surface area contributed by atoms with E-state index in [1.54, 1.807) is 31.2 Å². The third-order valence-corrected chi connectivity index (χ3v) is 7.67. The number of morpholine rings is 1. The first-order valence-electron chi connectivity index (χ1n) is 13.7. The van der Waals surface area contributed by atoms with Gasteiger partial charge in [0.2, 0.25) is 0 Å². The van der Waals surface area contributed by atoms with Crippen LogP contribution in [0, 0.1) is 12.7 Å². The Morgan fingerprint density at radius 2 is 1.66 bits per heavy atom. The lowest BCUT2D eigenvalue weighted by Gasteiger charge is -2.35. The summed E-state index contributed by atoms with van der Waals surface area (Å²) in [5, 5.41) is 2.74. The van der Waals surface area contributed by atoms with Gasteiger partial charge in [0.15, 0.2) is 0 Å². The summed E-state index contributed by atoms with van der Waals surface area (Å²) in [7, 11) is 2.02. The second-order valence-corrected chi connectivity index (χ2v) is 10.7. The van der Waals surface area contributed by atoms with E-state index < -0.39 is 29.0 Å². The molecule has 0 aliphatic carbocycles. The molecule has 6 nitrogen and oxygen atoms in total. The second-order valence-electron chi connectivity index (χ2n) is 10.7. The van der Waals surface area contributed by atoms with Crippen LogP contribution in [0.3, 0.4) is 0 Å². The number of benzene rings is 3. The maximum atomic E-state index is 15.2. The third-order valence-electron chi connectivity index (χ3n) is 7.67. The molecular weight excluding hydrogens is 536 g/mol. The number of nitrogens with zero attached hydrogens (tertiary/aromatic N) is 3. The molecule has 0 aromatic heterocycles. The van der Waals surface area contributed by atoms with E-state index in [-0.39, 0.29) is 0 Å². The Morgan fingerprint density at radius 3 is 2.37 bits per heavy atom. The lowest BCUT2D eigenvalue weighted by molar-refractivity contribution is -0.137. The first kappa shape index (κ1) is 29.0. The lowest BCUT2D eigenvalue weighted by Crippen LogP contribution is -2.44. The first-order valence-corrected chi connectivity index (χ1v) is 13.7. The molecule has 2 aliphatic heterocycles. The molecule has 2 saturated heterocycles. The summed E-state index contributed by atoms with van der Waals surface area (Å²) in [6, 6.07) is 13.9. The maximum Gasteiger partial charge on any atom is 0.417 e. The van der Waals surface area contributed by atoms with Crippen molar-refractivity contribution in [3.05, 3.63) is 82.7 Å². The number of rotatable bonds is 6. The SMILES string of the molecule is Cc1ccc(C(=O)Nc2cc(-c3cc(CN4CCOCC4)ccc3F)ccc2N2CCN(C)CC2)c(C(F)(F)F)c1. The summed E-state index contributed by atoms with van der Waals surface area (Å²) < 4.78 is 62.0. The third kappa shape index (κ3) is 6.89. The zero-order valence-corrected chi connectivity index (χ0v) is 23.2. The fraction of sp³-hybridized carbons (Fsp3) is 0.387. The first-order chi connectivity index (χ1) is 19.6. The van der Waals surface area contributed by atoms with Crippen LogP contribution in [-0.4, -0.2) is 75.2 Å². The number of anilines is 2. The van der Waals surface area contributed by atoms with Gasteiger partial charge in [0.25, 0.3) is 5.91 Å². The van der Waals surface area contributed by atoms with E-state index in [1.165, 1.54) is 18.2 Å². The number of aryl methyl sites for hydroxylation is 1. The Bertz CT molecular complexity index is 1400. The van der Waals surface area contributed by atoms with Crippen LogP contribution in [0.2, 0.25) is 0 Å². The largest absolute Gasteiger partial charge is 0.417 e. The number of likely N-dealkylation sites (N-methyl/N-ethyl adjacent to an activating group) is 1. The van der Waals surface area contributed by atoms with Gasteiger partial charge in [-0.2, -0.15) is 13.2 Å². The normalized spacial score (nSPS) is 17.1. The van der Waals surface area contributed by atoms with E-state index in [2.05, 4.69) is 20.0 Å². The molecule has 218 valence electrons. The van der Waals surface area contributed by atoms with E-state index in [0.717, 1.165) is 37.8 Å². The zero-order chi connectivity index (χ0) is 29.1. The molecule has 5 rings (SSSR count). The van der Waals surface area contributed by atoms with Crippen LogP contribution in [0.4, 0.5) is 28.9 Å². The average molecular weight is 571 g/mol. The fourth-order valence-electron chi connectivity index (χ4n) is 5.32. The zero-order valence-electron chi connectivity index (χ0n) is 23.2. The number of alkyl halides is 3. The van der Waals surface area contributed by atoms with E-state index in [0.29, 0.717) is 60.9 Å². The molecule has 1 N–H and O–H groups in total. The number of hydrogen-bond donors (Lipinski definition) is 1. The summed E-state index contributed by atoms with van der Waals surface area (Å²) in [5.41, 5.74) is 1.80. The molecule has 41 heavy (non-hydrogen) atoms. The van der Waals surface area contributed by atoms with E-state index >= 15 is 4.39 Å². The van der Waals surface area contributed by atoms with Crippen molar-refractivity contribution in [2.24, 2.45) is 0 Å². The Labute approximate surface area is 237 Å². The van der Waals surface area contributed by atoms with Gasteiger partial charge in [-0.15, -0.1) is 0 Å². The van der Waals surface area contributed by atoms with Crippen LogP contribution in [0.25, 0.3) is 11.1 Å². The minimum absolute atomic E-state index is 0.337. The van der Waals surface area contributed by atoms with Crippen molar-refractivity contribution in [3.8, 4) is 11.1 Å². The Morgan fingerprint density at radius 1 is 0.927 bits per heavy atom. The van der Waals surface area contributed by atoms with Crippen molar-refractivity contribution in [2.45, 2.75) is 19.6 Å². The molecule has 2 fully saturated rings. The Balaban J connectivity index is 1.50. The van der Waals surface area contributed by atoms with Crippen LogP contribution in [0.1, 0.15) is 27.0 Å². The Kier molecular flexibility index (Phi) is 8.63. The number of hydrogen-bond acceptors (Lipinski definition) is 5. The minimum atomic E-state index is -4.69. The average Bonchev–Trinajstić information content (AvgIpc) is 2.94. The molecule has 0 saturated carbocycles. The van der Waals surface area contributed by atoms with Crippen LogP contribution in [-0.2, 0) is 17.5 Å². The highest BCUT2D eigenvalue weighted by Crippen LogP contribution is 2.36. The quantitative estimate of drug-likeness (QED) is 0.388. The number of halogens is 4. The smallest absolute Gasteiger partial charge is 0.379 e. The summed E-state index contributed by atoms with van der Waals surface area (Å²) in [5.74, 6) is -1.29. The van der Waals surface area contributed by atoms with Gasteiger partial charge in [-0.05, 0) is 61.5 Å². The van der Waals surface area contributed by atoms with Crippen molar-refractivity contribution >= 4 is 17.3 Å². The van der Waals surface area contributed by atoms with Gasteiger partial charge < -0.3 is 19.9 Å². The molecule has 3 aromatic rings. The van der Waals surface area contributed by atoms with Gasteiger partial charge in [0, 0.05) is 51.4 Å². The highest BCUT2D eigenvalue weighted by Gasteiger charge is 2.35. The number of nitrogens with one attached hydrogen (secondary N) is 1. The summed E-state index contributed by atoms with van der Waals surface area (Å²) in [6.45, 7) is 8.04. The van der Waals surface area contributed by atoms with Crippen molar-refractivity contribution in [3.63, 3.8) is 0 Å². The van der Waals surface area contributed by atoms with Crippen LogP contribution < -0.4 is 10.2 Å². The minimum Gasteiger partial charge on any atom is -0.379 e. The summed E-state index contributed by atoms with van der Waals surface area (Å²) >= 11 is 0. The number of carbonyl (C=O) groups excluding carboxylic acids is 1. The predicted octanol–water partition coefficient (Wildman–Crippen LogP) is 5.66. The monoisotopic (exact) mass is 570 g/mol. The van der Waals surface area contributed by atoms with Crippen molar-refractivity contribution in [1.82, 2.24) is 9.80 Å². The standard InChI is InChI=1S/C31H34F4N4O2/c1-21-3-6-24(26(17-21)31(33,34)35)30(40)36-28-19-23(5-8-29(28)39-11-9-37(2)10-12-39)25-18-22(4-7-27(25)32)20-38-13-15-41-16-14-38/h3-8,17-19H,9-16,20H2,1-2H3,(H,36,40). The number of piperazine rings is 1. The van der Waals surface area contributed by atoms with Crippen molar-refractivity contribution < 1.29 is 27.1 Å². The molecule has 0 unspecified atom stereocenters. The topological polar surface area (TPSA) is 48.1 Å². The van der Waals surface area contributed by atoms with E-state index in [9.17, 15) is 18.0 Å². The molecule has 3 aromatic carbocycles. The molecule has 0 bridgehead atoms. The molecule has 1 amide bonds. The van der Waals surface area contributed by atoms with Gasteiger partial charge in [-0.1, -0.05) is 23.8 Å². The highest BCUT2D eigenvalue weighted by atomic mass is 19.4. The van der Waals surface area contributed by atoms with E-state index in [1.807, 2.05) is 13.1 Å². The van der Waals surface area contributed by atoms with Crippen LogP contribution >= 0.6 is 0 Å². The molecular formula is C31H34F4N4O2. The van der Waals surface area contributed by atoms with Crippen molar-refractivity contribution in [1.29, 1.82) is 0 Å². The lowest BCUT2D eigenvalue weighted by atomic mass is 9.99. The van der Waals surface area contributed by atoms with Gasteiger partial charge in [0.05, 0.1) is 35.7 Å². The number of carbonyl (C=O) groups is 1. The van der Waals surface area contributed by atoms with Crippen molar-refractivity contribution in [2.75, 3.05) is 69.7 Å². The molecule has 0 radical (unpaired) electrons. The maximum absolute atomic E-state index is 15.2. The number of amides is 1. The molecule has 2 heterocycles. The fourth-order valence-corrected chi connectivity index (χ4v) is 5.32. The highest BCUT2D eigenvalue weighted by molar-refractivity contribution is 6.07. The van der Waals surface area contributed by atoms with Crippen LogP contribution in [0.15, 0.2) is 54.6 Å². The summed E-state index contributed by atoms with van der Waals surface area (Å²) in [4.78, 5) is 19.8. The molecule has 10 heteroatoms. The van der Waals surface area contributed by atoms with Gasteiger partial charge in [0.1, 0.15) is 5.82 Å². The molecule has 0 atom stereocenters. The Hall–Kier alpha value is -3.47. The van der Waals surface area contributed by atoms with Gasteiger partial charge >= 0.3 is 6.18 Å². The molecule has 0 spiro atoms. The van der Waals surface area contributed by atoms with E-state index in [4.69, 9.17) is 4.74 Å². The molecule has 2 aliphatic rings. The number of ether oxygens (including phenoxy) is 1. The predicted molar refractivity (Wildman–Crippen MR) is 152 cm³/mol. The second kappa shape index (κ2) is 12.2. The van der Waals surface area contributed by atoms with Gasteiger partial charge in [-0.25, -0.2) is 4.39 Å². The van der Waals surface area contributed by atoms with Gasteiger partial charge in [-0.3, -0.25) is 9.69 Å². The summed E-state index contributed by atoms with van der Waals surface area (Å²) in [6.07, 6.45) is -4.69.